The molecule has 2 heterocycles. The fourth-order valence-corrected chi connectivity index (χ4v) is 4.98. The average Bonchev–Trinajstić information content (AvgIpc) is 2.86. The lowest BCUT2D eigenvalue weighted by atomic mass is 9.94. The number of thiophene rings is 1. The van der Waals surface area contributed by atoms with Crippen LogP contribution >= 0.6 is 22.9 Å². The lowest BCUT2D eigenvalue weighted by Gasteiger charge is -2.30. The first-order chi connectivity index (χ1) is 10.2. The van der Waals surface area contributed by atoms with Crippen molar-refractivity contribution < 1.29 is 0 Å². The molecule has 0 aromatic carbocycles. The van der Waals surface area contributed by atoms with Gasteiger partial charge in [-0.15, -0.1) is 11.3 Å². The van der Waals surface area contributed by atoms with E-state index in [9.17, 15) is 0 Å². The molecule has 1 fully saturated rings. The first-order valence-electron chi connectivity index (χ1n) is 8.46. The van der Waals surface area contributed by atoms with Crippen molar-refractivity contribution in [3.05, 3.63) is 20.8 Å². The van der Waals surface area contributed by atoms with Gasteiger partial charge in [0.2, 0.25) is 0 Å². The summed E-state index contributed by atoms with van der Waals surface area (Å²) in [5, 5.41) is 3.76. The molecule has 1 saturated heterocycles. The normalized spacial score (nSPS) is 24.2. The maximum atomic E-state index is 6.17. The highest BCUT2D eigenvalue weighted by molar-refractivity contribution is 7.16. The van der Waals surface area contributed by atoms with E-state index in [-0.39, 0.29) is 0 Å². The summed E-state index contributed by atoms with van der Waals surface area (Å²) in [4.78, 5) is 4.14. The molecular weight excluding hydrogens is 300 g/mol. The third-order valence-corrected chi connectivity index (χ3v) is 6.34. The molecule has 2 nitrogen and oxygen atoms in total. The highest BCUT2D eigenvalue weighted by Crippen LogP contribution is 2.37. The van der Waals surface area contributed by atoms with E-state index in [1.165, 1.54) is 68.6 Å². The van der Waals surface area contributed by atoms with Crippen LogP contribution in [-0.4, -0.2) is 31.1 Å². The number of nitrogens with zero attached hydrogens (tertiary/aromatic N) is 1. The van der Waals surface area contributed by atoms with Gasteiger partial charge < -0.3 is 10.2 Å². The Kier molecular flexibility index (Phi) is 5.60. The van der Waals surface area contributed by atoms with E-state index in [1.54, 1.807) is 11.3 Å². The third-order valence-electron chi connectivity index (χ3n) is 5.00. The van der Waals surface area contributed by atoms with E-state index >= 15 is 0 Å². The van der Waals surface area contributed by atoms with Crippen LogP contribution in [0.2, 0.25) is 4.34 Å². The molecule has 118 valence electrons. The standard InChI is InChI=1S/C17H27ClN2S/c1-13-6-10-20(11-7-13)9-3-8-19-15-4-2-5-16-14(15)12-17(18)21-16/h12-13,15,19H,2-11H2,1H3. The van der Waals surface area contributed by atoms with Gasteiger partial charge in [-0.25, -0.2) is 0 Å². The van der Waals surface area contributed by atoms with Gasteiger partial charge in [0.1, 0.15) is 0 Å². The van der Waals surface area contributed by atoms with Gasteiger partial charge in [-0.05, 0) is 82.3 Å². The zero-order valence-corrected chi connectivity index (χ0v) is 14.6. The Balaban J connectivity index is 1.40. The monoisotopic (exact) mass is 326 g/mol. The molecule has 1 aliphatic carbocycles. The van der Waals surface area contributed by atoms with E-state index in [0.29, 0.717) is 6.04 Å². The Bertz CT molecular complexity index is 452. The number of fused-ring (bicyclic) bond motifs is 1. The maximum absolute atomic E-state index is 6.17. The third kappa shape index (κ3) is 4.22. The van der Waals surface area contributed by atoms with Gasteiger partial charge in [0.05, 0.1) is 4.34 Å². The van der Waals surface area contributed by atoms with E-state index < -0.39 is 0 Å². The molecule has 1 unspecified atom stereocenters. The van der Waals surface area contributed by atoms with Crippen molar-refractivity contribution >= 4 is 22.9 Å². The SMILES string of the molecule is CC1CCN(CCCNC2CCCc3sc(Cl)cc32)CC1. The van der Waals surface area contributed by atoms with Crippen LogP contribution < -0.4 is 5.32 Å². The summed E-state index contributed by atoms with van der Waals surface area (Å²) in [7, 11) is 0. The summed E-state index contributed by atoms with van der Waals surface area (Å²) in [6.45, 7) is 7.36. The summed E-state index contributed by atoms with van der Waals surface area (Å²) in [5.41, 5.74) is 1.48. The number of hydrogen-bond donors (Lipinski definition) is 1. The second-order valence-electron chi connectivity index (χ2n) is 6.71. The van der Waals surface area contributed by atoms with E-state index in [2.05, 4.69) is 23.2 Å². The summed E-state index contributed by atoms with van der Waals surface area (Å²) in [6.07, 6.45) is 7.81. The zero-order valence-electron chi connectivity index (χ0n) is 13.0. The van der Waals surface area contributed by atoms with E-state index in [1.807, 2.05) is 0 Å². The number of rotatable bonds is 5. The first kappa shape index (κ1) is 15.8. The fraction of sp³-hybridized carbons (Fsp3) is 0.765. The molecule has 1 atom stereocenters. The van der Waals surface area contributed by atoms with Crippen molar-refractivity contribution in [1.82, 2.24) is 10.2 Å². The Morgan fingerprint density at radius 2 is 2.14 bits per heavy atom. The van der Waals surface area contributed by atoms with E-state index in [4.69, 9.17) is 11.6 Å². The van der Waals surface area contributed by atoms with E-state index in [0.717, 1.165) is 16.8 Å². The van der Waals surface area contributed by atoms with Gasteiger partial charge in [-0.3, -0.25) is 0 Å². The molecule has 2 aliphatic rings. The fourth-order valence-electron chi connectivity index (χ4n) is 3.60. The summed E-state index contributed by atoms with van der Waals surface area (Å²) >= 11 is 7.95. The minimum Gasteiger partial charge on any atom is -0.310 e. The van der Waals surface area contributed by atoms with Crippen LogP contribution in [0, 0.1) is 5.92 Å². The minimum absolute atomic E-state index is 0.541. The van der Waals surface area contributed by atoms with Crippen LogP contribution in [-0.2, 0) is 6.42 Å². The van der Waals surface area contributed by atoms with Crippen LogP contribution in [0.15, 0.2) is 6.07 Å². The van der Waals surface area contributed by atoms with Crippen molar-refractivity contribution in [1.29, 1.82) is 0 Å². The Morgan fingerprint density at radius 1 is 1.33 bits per heavy atom. The molecule has 0 bridgehead atoms. The number of hydrogen-bond acceptors (Lipinski definition) is 3. The number of nitrogens with one attached hydrogen (secondary N) is 1. The molecule has 4 heteroatoms. The highest BCUT2D eigenvalue weighted by atomic mass is 35.5. The van der Waals surface area contributed by atoms with Crippen molar-refractivity contribution in [3.8, 4) is 0 Å². The molecule has 1 N–H and O–H groups in total. The van der Waals surface area contributed by atoms with Crippen molar-refractivity contribution in [2.45, 2.75) is 51.5 Å². The largest absolute Gasteiger partial charge is 0.310 e. The van der Waals surface area contributed by atoms with Crippen LogP contribution in [0.5, 0.6) is 0 Å². The van der Waals surface area contributed by atoms with Gasteiger partial charge in [-0.1, -0.05) is 18.5 Å². The highest BCUT2D eigenvalue weighted by Gasteiger charge is 2.22. The minimum atomic E-state index is 0.541. The predicted molar refractivity (Wildman–Crippen MR) is 92.5 cm³/mol. The molecule has 0 spiro atoms. The number of halogens is 1. The van der Waals surface area contributed by atoms with Crippen LogP contribution in [0.25, 0.3) is 0 Å². The lowest BCUT2D eigenvalue weighted by Crippen LogP contribution is -2.35. The topological polar surface area (TPSA) is 15.3 Å². The summed E-state index contributed by atoms with van der Waals surface area (Å²) in [5.74, 6) is 0.934. The molecule has 1 aromatic heterocycles. The average molecular weight is 327 g/mol. The number of aryl methyl sites for hydroxylation is 1. The smallest absolute Gasteiger partial charge is 0.0934 e. The zero-order chi connectivity index (χ0) is 14.7. The van der Waals surface area contributed by atoms with Gasteiger partial charge in [0.25, 0.3) is 0 Å². The van der Waals surface area contributed by atoms with Crippen molar-refractivity contribution in [2.24, 2.45) is 5.92 Å². The second-order valence-corrected chi connectivity index (χ2v) is 8.47. The van der Waals surface area contributed by atoms with Crippen LogP contribution in [0.4, 0.5) is 0 Å². The quantitative estimate of drug-likeness (QED) is 0.802. The predicted octanol–water partition coefficient (Wildman–Crippen LogP) is 4.49. The van der Waals surface area contributed by atoms with Gasteiger partial charge in [0.15, 0.2) is 0 Å². The number of piperidine rings is 1. The summed E-state index contributed by atoms with van der Waals surface area (Å²) < 4.78 is 0.955. The Morgan fingerprint density at radius 3 is 2.95 bits per heavy atom. The molecular formula is C17H27ClN2S. The van der Waals surface area contributed by atoms with Gasteiger partial charge in [-0.2, -0.15) is 0 Å². The molecule has 1 aliphatic heterocycles. The second kappa shape index (κ2) is 7.45. The van der Waals surface area contributed by atoms with Gasteiger partial charge >= 0.3 is 0 Å². The lowest BCUT2D eigenvalue weighted by molar-refractivity contribution is 0.189. The van der Waals surface area contributed by atoms with Crippen molar-refractivity contribution in [2.75, 3.05) is 26.2 Å². The molecule has 1 aromatic rings. The molecule has 21 heavy (non-hydrogen) atoms. The summed E-state index contributed by atoms with van der Waals surface area (Å²) in [6, 6.07) is 2.73. The molecule has 0 saturated carbocycles. The number of likely N-dealkylation sites (tertiary alicyclic amines) is 1. The molecule has 0 radical (unpaired) electrons. The van der Waals surface area contributed by atoms with Crippen LogP contribution in [0.3, 0.4) is 0 Å². The Hall–Kier alpha value is -0.0900. The Labute approximate surface area is 137 Å². The van der Waals surface area contributed by atoms with Crippen molar-refractivity contribution in [3.63, 3.8) is 0 Å². The molecule has 3 rings (SSSR count). The first-order valence-corrected chi connectivity index (χ1v) is 9.65. The van der Waals surface area contributed by atoms with Crippen LogP contribution in [0.1, 0.15) is 55.5 Å². The maximum Gasteiger partial charge on any atom is 0.0934 e. The molecule has 0 amide bonds. The van der Waals surface area contributed by atoms with Gasteiger partial charge in [0, 0.05) is 10.9 Å².